The quantitative estimate of drug-likeness (QED) is 0.271. The van der Waals surface area contributed by atoms with Gasteiger partial charge < -0.3 is 9.80 Å². The maximum atomic E-state index is 13.2. The van der Waals surface area contributed by atoms with Crippen LogP contribution in [-0.4, -0.2) is 53.5 Å². The molecule has 3 aromatic carbocycles. The van der Waals surface area contributed by atoms with E-state index in [0.29, 0.717) is 18.1 Å². The number of benzene rings is 3. The van der Waals surface area contributed by atoms with Crippen molar-refractivity contribution in [2.45, 2.75) is 76.9 Å². The molecule has 0 spiro atoms. The van der Waals surface area contributed by atoms with Gasteiger partial charge in [0.15, 0.2) is 0 Å². The van der Waals surface area contributed by atoms with Gasteiger partial charge in [-0.05, 0) is 86.9 Å². The second-order valence-corrected chi connectivity index (χ2v) is 11.0. The fourth-order valence-corrected chi connectivity index (χ4v) is 6.69. The number of rotatable bonds is 11. The molecule has 2 heterocycles. The van der Waals surface area contributed by atoms with Crippen molar-refractivity contribution in [3.05, 3.63) is 96.1 Å². The number of piperidine rings is 1. The van der Waals surface area contributed by atoms with Crippen molar-refractivity contribution in [1.82, 2.24) is 9.80 Å². The van der Waals surface area contributed by atoms with Gasteiger partial charge in [0.05, 0.1) is 0 Å². The normalized spacial score (nSPS) is 20.8. The van der Waals surface area contributed by atoms with Gasteiger partial charge in [-0.2, -0.15) is 0 Å². The van der Waals surface area contributed by atoms with Crippen LogP contribution in [0.15, 0.2) is 84.9 Å². The molecule has 0 N–H and O–H groups in total. The maximum absolute atomic E-state index is 13.2. The summed E-state index contributed by atoms with van der Waals surface area (Å²) in [5.74, 6) is 0.149. The smallest absolute Gasteiger partial charge is 0.253 e. The van der Waals surface area contributed by atoms with Gasteiger partial charge in [-0.15, -0.1) is 0 Å². The molecule has 1 unspecified atom stereocenters. The molecule has 2 aliphatic heterocycles. The van der Waals surface area contributed by atoms with E-state index in [4.69, 9.17) is 0 Å². The molecule has 2 bridgehead atoms. The van der Waals surface area contributed by atoms with Gasteiger partial charge in [0.25, 0.3) is 5.91 Å². The van der Waals surface area contributed by atoms with Crippen LogP contribution in [0.4, 0.5) is 11.4 Å². The summed E-state index contributed by atoms with van der Waals surface area (Å²) in [5.41, 5.74) is 4.66. The third-order valence-electron chi connectivity index (χ3n) is 8.43. The number of carbonyl (C=O) groups excluding carboxylic acids is 1. The van der Waals surface area contributed by atoms with E-state index in [9.17, 15) is 4.79 Å². The van der Waals surface area contributed by atoms with Crippen molar-refractivity contribution in [3.63, 3.8) is 0 Å². The van der Waals surface area contributed by atoms with E-state index >= 15 is 0 Å². The molecule has 3 aromatic rings. The number of carbonyl (C=O) groups is 1. The van der Waals surface area contributed by atoms with E-state index in [0.717, 1.165) is 44.5 Å². The Labute approximate surface area is 229 Å². The first-order valence-corrected chi connectivity index (χ1v) is 14.7. The fourth-order valence-electron chi connectivity index (χ4n) is 6.69. The summed E-state index contributed by atoms with van der Waals surface area (Å²) >= 11 is 0. The molecule has 0 radical (unpaired) electrons. The number of hydrogen-bond donors (Lipinski definition) is 0. The van der Waals surface area contributed by atoms with E-state index in [2.05, 4.69) is 96.4 Å². The molecular formula is C34H43N3O. The molecule has 4 heteroatoms. The molecule has 3 atom stereocenters. The van der Waals surface area contributed by atoms with Crippen molar-refractivity contribution in [3.8, 4) is 0 Å². The Morgan fingerprint density at radius 1 is 0.763 bits per heavy atom. The lowest BCUT2D eigenvalue weighted by molar-refractivity contribution is 0.0755. The minimum Gasteiger partial charge on any atom is -0.339 e. The highest BCUT2D eigenvalue weighted by Crippen LogP contribution is 2.41. The fraction of sp³-hybridized carbons (Fsp3) is 0.441. The summed E-state index contributed by atoms with van der Waals surface area (Å²) in [4.78, 5) is 20.5. The third-order valence-corrected chi connectivity index (χ3v) is 8.43. The summed E-state index contributed by atoms with van der Waals surface area (Å²) in [5, 5.41) is 0. The van der Waals surface area contributed by atoms with E-state index in [1.54, 1.807) is 0 Å². The van der Waals surface area contributed by atoms with Crippen LogP contribution in [0.3, 0.4) is 0 Å². The average Bonchev–Trinajstić information content (AvgIpc) is 3.20. The largest absolute Gasteiger partial charge is 0.339 e. The van der Waals surface area contributed by atoms with Crippen LogP contribution in [0.5, 0.6) is 0 Å². The van der Waals surface area contributed by atoms with Gasteiger partial charge in [-0.25, -0.2) is 0 Å². The van der Waals surface area contributed by atoms with Gasteiger partial charge in [-0.3, -0.25) is 9.69 Å². The van der Waals surface area contributed by atoms with Gasteiger partial charge >= 0.3 is 0 Å². The molecule has 0 aliphatic carbocycles. The summed E-state index contributed by atoms with van der Waals surface area (Å²) in [6.07, 6.45) is 8.07. The SMILES string of the molecule is CCCN(CCC)C(=O)c1ccc(N(c2ccccc2)C2C[C@H]3CC[C@@H](C2)N3CCc2ccccc2)cc1. The van der Waals surface area contributed by atoms with E-state index in [1.165, 1.54) is 42.6 Å². The second kappa shape index (κ2) is 12.6. The van der Waals surface area contributed by atoms with Crippen LogP contribution < -0.4 is 4.90 Å². The molecule has 2 aliphatic rings. The standard InChI is InChI=1S/C34H43N3O/c1-3-22-35(23-4-2)34(38)28-15-17-30(18-16-28)37(29-13-9-6-10-14-29)33-25-31-19-20-32(26-33)36(31)24-21-27-11-7-5-8-12-27/h5-18,31-33H,3-4,19-26H2,1-2H3/t31-,32+,33?. The molecule has 200 valence electrons. The van der Waals surface area contributed by atoms with Gasteiger partial charge in [-0.1, -0.05) is 62.4 Å². The summed E-state index contributed by atoms with van der Waals surface area (Å²) in [6.45, 7) is 7.06. The number of hydrogen-bond acceptors (Lipinski definition) is 3. The molecular weight excluding hydrogens is 466 g/mol. The average molecular weight is 510 g/mol. The third kappa shape index (κ3) is 5.96. The van der Waals surface area contributed by atoms with Gasteiger partial charge in [0, 0.05) is 54.7 Å². The van der Waals surface area contributed by atoms with Crippen LogP contribution in [0.2, 0.25) is 0 Å². The van der Waals surface area contributed by atoms with Crippen molar-refractivity contribution in [2.75, 3.05) is 24.5 Å². The predicted octanol–water partition coefficient (Wildman–Crippen LogP) is 7.33. The molecule has 2 saturated heterocycles. The highest BCUT2D eigenvalue weighted by atomic mass is 16.2. The first kappa shape index (κ1) is 26.5. The summed E-state index contributed by atoms with van der Waals surface area (Å²) in [6, 6.07) is 31.9. The lowest BCUT2D eigenvalue weighted by Gasteiger charge is -2.44. The second-order valence-electron chi connectivity index (χ2n) is 11.0. The molecule has 2 fully saturated rings. The maximum Gasteiger partial charge on any atom is 0.253 e. The topological polar surface area (TPSA) is 26.8 Å². The lowest BCUT2D eigenvalue weighted by Crippen LogP contribution is -2.50. The lowest BCUT2D eigenvalue weighted by atomic mass is 9.94. The highest BCUT2D eigenvalue weighted by Gasteiger charge is 2.42. The monoisotopic (exact) mass is 509 g/mol. The van der Waals surface area contributed by atoms with Gasteiger partial charge in [0.2, 0.25) is 0 Å². The van der Waals surface area contributed by atoms with E-state index in [-0.39, 0.29) is 5.91 Å². The van der Waals surface area contributed by atoms with Crippen LogP contribution in [0.25, 0.3) is 0 Å². The number of fused-ring (bicyclic) bond motifs is 2. The first-order chi connectivity index (χ1) is 18.7. The zero-order valence-corrected chi connectivity index (χ0v) is 23.1. The zero-order valence-electron chi connectivity index (χ0n) is 23.1. The molecule has 0 aromatic heterocycles. The van der Waals surface area contributed by atoms with E-state index in [1.807, 2.05) is 17.0 Å². The molecule has 4 nitrogen and oxygen atoms in total. The van der Waals surface area contributed by atoms with E-state index < -0.39 is 0 Å². The van der Waals surface area contributed by atoms with Crippen molar-refractivity contribution >= 4 is 17.3 Å². The number of amides is 1. The first-order valence-electron chi connectivity index (χ1n) is 14.7. The Morgan fingerprint density at radius 3 is 1.89 bits per heavy atom. The number of para-hydroxylation sites is 1. The summed E-state index contributed by atoms with van der Waals surface area (Å²) in [7, 11) is 0. The molecule has 5 rings (SSSR count). The molecule has 38 heavy (non-hydrogen) atoms. The zero-order chi connectivity index (χ0) is 26.3. The Morgan fingerprint density at radius 2 is 1.32 bits per heavy atom. The van der Waals surface area contributed by atoms with Crippen LogP contribution in [0.1, 0.15) is 68.3 Å². The summed E-state index contributed by atoms with van der Waals surface area (Å²) < 4.78 is 0. The van der Waals surface area contributed by atoms with Crippen LogP contribution in [0, 0.1) is 0 Å². The number of anilines is 2. The Hall–Kier alpha value is -3.11. The molecule has 0 saturated carbocycles. The van der Waals surface area contributed by atoms with Crippen molar-refractivity contribution in [1.29, 1.82) is 0 Å². The predicted molar refractivity (Wildman–Crippen MR) is 158 cm³/mol. The number of nitrogens with zero attached hydrogens (tertiary/aromatic N) is 3. The van der Waals surface area contributed by atoms with Crippen LogP contribution in [-0.2, 0) is 6.42 Å². The van der Waals surface area contributed by atoms with Crippen LogP contribution >= 0.6 is 0 Å². The molecule has 1 amide bonds. The van der Waals surface area contributed by atoms with Gasteiger partial charge in [0.1, 0.15) is 0 Å². The van der Waals surface area contributed by atoms with Crippen molar-refractivity contribution < 1.29 is 4.79 Å². The van der Waals surface area contributed by atoms with Crippen molar-refractivity contribution in [2.24, 2.45) is 0 Å². The Kier molecular flexibility index (Phi) is 8.80. The Bertz CT molecular complexity index is 1130. The Balaban J connectivity index is 1.34. The minimum absolute atomic E-state index is 0.149. The minimum atomic E-state index is 0.149. The highest BCUT2D eigenvalue weighted by molar-refractivity contribution is 5.94.